The second kappa shape index (κ2) is 12.8. The first-order chi connectivity index (χ1) is 19.9. The Morgan fingerprint density at radius 2 is 1.90 bits per heavy atom. The molecule has 4 aromatic rings. The van der Waals surface area contributed by atoms with Crippen LogP contribution in [-0.4, -0.2) is 60.2 Å². The molecule has 10 heteroatoms. The molecule has 0 unspecified atom stereocenters. The van der Waals surface area contributed by atoms with Crippen molar-refractivity contribution in [2.24, 2.45) is 0 Å². The van der Waals surface area contributed by atoms with E-state index in [1.165, 1.54) is 30.6 Å². The van der Waals surface area contributed by atoms with Gasteiger partial charge in [0.2, 0.25) is 5.91 Å². The number of halogens is 2. The van der Waals surface area contributed by atoms with E-state index in [9.17, 15) is 13.6 Å². The molecule has 212 valence electrons. The minimum atomic E-state index is -0.534. The molecule has 3 aromatic carbocycles. The van der Waals surface area contributed by atoms with Crippen molar-refractivity contribution in [1.82, 2.24) is 14.9 Å². The largest absolute Gasteiger partial charge is 0.491 e. The van der Waals surface area contributed by atoms with E-state index >= 15 is 0 Å². The Labute approximate surface area is 237 Å². The highest BCUT2D eigenvalue weighted by atomic mass is 19.1. The molecule has 1 aromatic heterocycles. The Bertz CT molecular complexity index is 1570. The molecule has 41 heavy (non-hydrogen) atoms. The molecule has 0 radical (unpaired) electrons. The normalized spacial score (nSPS) is 13.6. The highest BCUT2D eigenvalue weighted by molar-refractivity contribution is 6.03. The Morgan fingerprint density at radius 3 is 2.68 bits per heavy atom. The highest BCUT2D eigenvalue weighted by Crippen LogP contribution is 2.35. The van der Waals surface area contributed by atoms with E-state index in [1.807, 2.05) is 0 Å². The molecule has 0 atom stereocenters. The minimum Gasteiger partial charge on any atom is -0.491 e. The van der Waals surface area contributed by atoms with E-state index in [2.05, 4.69) is 32.1 Å². The van der Waals surface area contributed by atoms with E-state index in [0.29, 0.717) is 45.9 Å². The van der Waals surface area contributed by atoms with Crippen molar-refractivity contribution in [3.63, 3.8) is 0 Å². The van der Waals surface area contributed by atoms with Crippen molar-refractivity contribution in [3.8, 4) is 16.9 Å². The number of carbonyl (C=O) groups is 1. The fraction of sp³-hybridized carbons (Fsp3) is 0.258. The van der Waals surface area contributed by atoms with Crippen LogP contribution < -0.4 is 15.4 Å². The number of nitrogens with one attached hydrogen (secondary N) is 2. The molecule has 1 aliphatic heterocycles. The smallest absolute Gasteiger partial charge is 0.247 e. The molecule has 5 rings (SSSR count). The Balaban J connectivity index is 1.42. The topological polar surface area (TPSA) is 88.6 Å². The summed E-state index contributed by atoms with van der Waals surface area (Å²) in [5, 5.41) is 6.33. The van der Waals surface area contributed by atoms with Crippen LogP contribution in [0.5, 0.6) is 5.75 Å². The lowest BCUT2D eigenvalue weighted by atomic mass is 10.0. The minimum absolute atomic E-state index is 0.114. The first-order valence-corrected chi connectivity index (χ1v) is 13.4. The van der Waals surface area contributed by atoms with Gasteiger partial charge in [-0.1, -0.05) is 24.8 Å². The second-order valence-corrected chi connectivity index (χ2v) is 9.74. The number of carbonyl (C=O) groups excluding carboxylic acids is 1. The van der Waals surface area contributed by atoms with Crippen LogP contribution >= 0.6 is 0 Å². The maximum absolute atomic E-state index is 14.9. The van der Waals surface area contributed by atoms with E-state index in [4.69, 9.17) is 9.47 Å². The molecule has 0 bridgehead atoms. The first kappa shape index (κ1) is 28.1. The predicted octanol–water partition coefficient (Wildman–Crippen LogP) is 5.85. The Hall–Kier alpha value is -4.41. The van der Waals surface area contributed by atoms with Crippen LogP contribution in [0.25, 0.3) is 22.0 Å². The third-order valence-corrected chi connectivity index (χ3v) is 6.81. The van der Waals surface area contributed by atoms with Crippen LogP contribution in [0.3, 0.4) is 0 Å². The van der Waals surface area contributed by atoms with Crippen molar-refractivity contribution in [2.75, 3.05) is 50.1 Å². The van der Waals surface area contributed by atoms with Gasteiger partial charge in [-0.2, -0.15) is 0 Å². The summed E-state index contributed by atoms with van der Waals surface area (Å²) in [4.78, 5) is 23.2. The summed E-state index contributed by atoms with van der Waals surface area (Å²) < 4.78 is 41.0. The van der Waals surface area contributed by atoms with Gasteiger partial charge in [-0.25, -0.2) is 18.7 Å². The summed E-state index contributed by atoms with van der Waals surface area (Å²) in [5.74, 6) is -0.581. The number of amides is 1. The van der Waals surface area contributed by atoms with Gasteiger partial charge in [0.1, 0.15) is 29.5 Å². The molecule has 0 aliphatic carbocycles. The zero-order valence-electron chi connectivity index (χ0n) is 22.8. The molecule has 1 aliphatic rings. The van der Waals surface area contributed by atoms with E-state index in [0.717, 1.165) is 50.9 Å². The number of fused-ring (bicyclic) bond motifs is 1. The summed E-state index contributed by atoms with van der Waals surface area (Å²) in [6.07, 6.45) is 3.31. The van der Waals surface area contributed by atoms with Gasteiger partial charge < -0.3 is 20.1 Å². The van der Waals surface area contributed by atoms with Crippen molar-refractivity contribution >= 4 is 34.0 Å². The average molecular weight is 560 g/mol. The summed E-state index contributed by atoms with van der Waals surface area (Å²) in [5.41, 5.74) is 2.71. The van der Waals surface area contributed by atoms with Gasteiger partial charge in [-0.05, 0) is 54.8 Å². The van der Waals surface area contributed by atoms with Gasteiger partial charge in [-0.3, -0.25) is 9.69 Å². The van der Waals surface area contributed by atoms with Gasteiger partial charge in [-0.15, -0.1) is 0 Å². The number of nitrogens with zero attached hydrogens (tertiary/aromatic N) is 3. The molecule has 8 nitrogen and oxygen atoms in total. The lowest BCUT2D eigenvalue weighted by Crippen LogP contribution is -2.37. The zero-order chi connectivity index (χ0) is 28.8. The number of ether oxygens (including phenoxy) is 2. The summed E-state index contributed by atoms with van der Waals surface area (Å²) >= 11 is 0. The molecule has 1 saturated heterocycles. The molecule has 0 saturated carbocycles. The summed E-state index contributed by atoms with van der Waals surface area (Å²) in [6.45, 7) is 9.90. The van der Waals surface area contributed by atoms with Gasteiger partial charge >= 0.3 is 0 Å². The highest BCUT2D eigenvalue weighted by Gasteiger charge is 2.16. The Morgan fingerprint density at radius 1 is 1.07 bits per heavy atom. The maximum Gasteiger partial charge on any atom is 0.247 e. The number of aryl methyl sites for hydroxylation is 1. The number of hydrogen-bond donors (Lipinski definition) is 2. The number of benzene rings is 3. The molecule has 2 N–H and O–H groups in total. The van der Waals surface area contributed by atoms with Crippen molar-refractivity contribution in [1.29, 1.82) is 0 Å². The van der Waals surface area contributed by atoms with Gasteiger partial charge in [0.05, 0.1) is 36.7 Å². The van der Waals surface area contributed by atoms with Gasteiger partial charge in [0.25, 0.3) is 0 Å². The standard InChI is InChI=1S/C31H31F2N5O3/c1-3-30(39)36-28-17-23-26(18-29(28)41-12-4-9-38-10-13-40-14-11-38)34-19-35-31(23)37-27-16-21(6-8-24(27)32)22-7-5-20(2)15-25(22)33/h3,5-8,15-19H,1,4,9-14H2,2H3,(H,36,39)(H,34,35,37). The van der Waals surface area contributed by atoms with Crippen LogP contribution in [0.1, 0.15) is 12.0 Å². The van der Waals surface area contributed by atoms with E-state index in [1.54, 1.807) is 31.2 Å². The predicted molar refractivity (Wildman–Crippen MR) is 156 cm³/mol. The Kier molecular flexibility index (Phi) is 8.81. The number of morpholine rings is 1. The average Bonchev–Trinajstić information content (AvgIpc) is 2.97. The third-order valence-electron chi connectivity index (χ3n) is 6.81. The van der Waals surface area contributed by atoms with Crippen LogP contribution in [-0.2, 0) is 9.53 Å². The molecule has 1 amide bonds. The quantitative estimate of drug-likeness (QED) is 0.186. The monoisotopic (exact) mass is 559 g/mol. The molecular weight excluding hydrogens is 528 g/mol. The first-order valence-electron chi connectivity index (χ1n) is 13.4. The molecular formula is C31H31F2N5O3. The lowest BCUT2D eigenvalue weighted by Gasteiger charge is -2.26. The van der Waals surface area contributed by atoms with Crippen molar-refractivity contribution in [2.45, 2.75) is 13.3 Å². The number of anilines is 3. The van der Waals surface area contributed by atoms with Crippen molar-refractivity contribution in [3.05, 3.63) is 84.7 Å². The molecule has 0 spiro atoms. The van der Waals surface area contributed by atoms with Crippen molar-refractivity contribution < 1.29 is 23.0 Å². The zero-order valence-corrected chi connectivity index (χ0v) is 22.8. The second-order valence-electron chi connectivity index (χ2n) is 9.74. The van der Waals surface area contributed by atoms with E-state index < -0.39 is 17.5 Å². The SMILES string of the molecule is C=CC(=O)Nc1cc2c(Nc3cc(-c4ccc(C)cc4F)ccc3F)ncnc2cc1OCCCN1CCOCC1. The summed E-state index contributed by atoms with van der Waals surface area (Å²) in [6, 6.07) is 12.6. The maximum atomic E-state index is 14.9. The fourth-order valence-corrected chi connectivity index (χ4v) is 4.65. The van der Waals surface area contributed by atoms with E-state index in [-0.39, 0.29) is 5.69 Å². The molecule has 2 heterocycles. The molecule has 1 fully saturated rings. The van der Waals surface area contributed by atoms with Gasteiger partial charge in [0.15, 0.2) is 0 Å². The van der Waals surface area contributed by atoms with Crippen LogP contribution in [0, 0.1) is 18.6 Å². The lowest BCUT2D eigenvalue weighted by molar-refractivity contribution is -0.111. The number of aromatic nitrogens is 2. The third kappa shape index (κ3) is 6.85. The fourth-order valence-electron chi connectivity index (χ4n) is 4.65. The number of rotatable bonds is 10. The van der Waals surface area contributed by atoms with Crippen LogP contribution in [0.4, 0.5) is 26.0 Å². The van der Waals surface area contributed by atoms with Gasteiger partial charge in [0, 0.05) is 36.7 Å². The van der Waals surface area contributed by atoms with Crippen LogP contribution in [0.15, 0.2) is 67.5 Å². The number of hydrogen-bond acceptors (Lipinski definition) is 7. The summed E-state index contributed by atoms with van der Waals surface area (Å²) in [7, 11) is 0. The van der Waals surface area contributed by atoms with Crippen LogP contribution in [0.2, 0.25) is 0 Å².